The van der Waals surface area contributed by atoms with Gasteiger partial charge in [-0.2, -0.15) is 0 Å². The second kappa shape index (κ2) is 10.1. The van der Waals surface area contributed by atoms with Crippen molar-refractivity contribution in [3.05, 3.63) is 57.2 Å². The lowest BCUT2D eigenvalue weighted by Crippen LogP contribution is -2.33. The van der Waals surface area contributed by atoms with Gasteiger partial charge in [0.2, 0.25) is 0 Å². The van der Waals surface area contributed by atoms with Gasteiger partial charge in [-0.05, 0) is 64.8 Å². The maximum absolute atomic E-state index is 9.53. The van der Waals surface area contributed by atoms with E-state index in [2.05, 4.69) is 52.2 Å². The molecule has 0 aromatic heterocycles. The van der Waals surface area contributed by atoms with Crippen molar-refractivity contribution >= 4 is 34.5 Å². The fraction of sp³-hybridized carbons (Fsp3) is 0.263. The van der Waals surface area contributed by atoms with Gasteiger partial charge in [-0.25, -0.2) is 9.59 Å². The van der Waals surface area contributed by atoms with Crippen molar-refractivity contribution in [1.82, 2.24) is 5.32 Å². The predicted molar refractivity (Wildman–Crippen MR) is 107 cm³/mol. The van der Waals surface area contributed by atoms with Crippen LogP contribution in [0.4, 0.5) is 0 Å². The van der Waals surface area contributed by atoms with E-state index in [-0.39, 0.29) is 11.9 Å². The average Bonchev–Trinajstić information content (AvgIpc) is 2.63. The fourth-order valence-corrected chi connectivity index (χ4v) is 2.90. The molecule has 1 heterocycles. The number of phenols is 1. The van der Waals surface area contributed by atoms with Gasteiger partial charge < -0.3 is 25.4 Å². The number of aromatic hydroxyl groups is 1. The zero-order valence-electron chi connectivity index (χ0n) is 14.4. The van der Waals surface area contributed by atoms with Gasteiger partial charge in [-0.15, -0.1) is 0 Å². The lowest BCUT2D eigenvalue weighted by molar-refractivity contribution is -0.159. The smallest absolute Gasteiger partial charge is 0.414 e. The van der Waals surface area contributed by atoms with E-state index < -0.39 is 11.9 Å². The Morgan fingerprint density at radius 1 is 1.11 bits per heavy atom. The Morgan fingerprint density at radius 3 is 2.41 bits per heavy atom. The topological polar surface area (TPSA) is 116 Å². The molecule has 7 nitrogen and oxygen atoms in total. The van der Waals surface area contributed by atoms with Crippen LogP contribution in [-0.2, 0) is 22.6 Å². The lowest BCUT2D eigenvalue weighted by atomic mass is 10.0. The summed E-state index contributed by atoms with van der Waals surface area (Å²) in [6, 6.07) is 13.9. The minimum Gasteiger partial charge on any atom is -0.508 e. The van der Waals surface area contributed by atoms with Crippen LogP contribution in [0.2, 0.25) is 0 Å². The third-order valence-corrected chi connectivity index (χ3v) is 4.60. The zero-order valence-corrected chi connectivity index (χ0v) is 16.5. The van der Waals surface area contributed by atoms with E-state index in [0.29, 0.717) is 0 Å². The van der Waals surface area contributed by atoms with Gasteiger partial charge in [0.1, 0.15) is 17.6 Å². The summed E-state index contributed by atoms with van der Waals surface area (Å²) in [4.78, 5) is 18.2. The van der Waals surface area contributed by atoms with Crippen LogP contribution < -0.4 is 10.1 Å². The summed E-state index contributed by atoms with van der Waals surface area (Å²) in [6.07, 6.45) is 2.19. The summed E-state index contributed by atoms with van der Waals surface area (Å²) < 4.78 is 7.20. The Balaban J connectivity index is 0.000000380. The molecule has 0 saturated carbocycles. The van der Waals surface area contributed by atoms with Gasteiger partial charge in [0.25, 0.3) is 0 Å². The normalized spacial score (nSPS) is 14.9. The molecule has 0 radical (unpaired) electrons. The second-order valence-electron chi connectivity index (χ2n) is 5.94. The number of fused-ring (bicyclic) bond motifs is 1. The van der Waals surface area contributed by atoms with Gasteiger partial charge in [0.05, 0.1) is 0 Å². The molecule has 1 atom stereocenters. The number of aliphatic carboxylic acids is 2. The highest BCUT2D eigenvalue weighted by Gasteiger charge is 2.19. The van der Waals surface area contributed by atoms with Crippen molar-refractivity contribution in [2.45, 2.75) is 25.5 Å². The summed E-state index contributed by atoms with van der Waals surface area (Å²) >= 11 is 2.31. The maximum atomic E-state index is 9.53. The Kier molecular flexibility index (Phi) is 7.86. The largest absolute Gasteiger partial charge is 0.508 e. The first-order valence-electron chi connectivity index (χ1n) is 8.25. The first-order chi connectivity index (χ1) is 12.8. The number of nitrogens with one attached hydrogen (secondary N) is 1. The molecule has 0 saturated heterocycles. The Hall–Kier alpha value is -2.33. The van der Waals surface area contributed by atoms with Crippen LogP contribution in [0.25, 0.3) is 0 Å². The van der Waals surface area contributed by atoms with E-state index in [1.54, 1.807) is 12.1 Å². The summed E-state index contributed by atoms with van der Waals surface area (Å²) in [5.74, 6) is -2.56. The van der Waals surface area contributed by atoms with Gasteiger partial charge >= 0.3 is 11.9 Å². The van der Waals surface area contributed by atoms with E-state index in [4.69, 9.17) is 24.5 Å². The first-order valence-corrected chi connectivity index (χ1v) is 9.33. The highest BCUT2D eigenvalue weighted by molar-refractivity contribution is 14.1. The Morgan fingerprint density at radius 2 is 1.78 bits per heavy atom. The first kappa shape index (κ1) is 21.0. The number of hydrogen-bond donors (Lipinski definition) is 4. The molecule has 3 rings (SSSR count). The van der Waals surface area contributed by atoms with Gasteiger partial charge in [-0.1, -0.05) is 18.2 Å². The highest BCUT2D eigenvalue weighted by atomic mass is 127. The summed E-state index contributed by atoms with van der Waals surface area (Å²) in [6.45, 7) is 1.67. The fourth-order valence-electron chi connectivity index (χ4n) is 2.54. The number of carbonyl (C=O) groups is 2. The quantitative estimate of drug-likeness (QED) is 0.389. The standard InChI is InChI=1S/C17H18INO2.C2H2O4/c18-14-5-1-12(2-6-14)10-19-11-16-8-4-13-3-7-15(20)9-17(13)21-16;3-1(4)2(5)6/h1-3,5-7,9,16,19-20H,4,8,10-11H2;(H,3,4)(H,5,6)/t16-;/m1./s1. The summed E-state index contributed by atoms with van der Waals surface area (Å²) in [5, 5.41) is 27.8. The molecule has 144 valence electrons. The molecule has 8 heteroatoms. The molecule has 1 aliphatic heterocycles. The number of rotatable bonds is 4. The molecular weight excluding hydrogens is 465 g/mol. The van der Waals surface area contributed by atoms with E-state index in [1.807, 2.05) is 6.07 Å². The molecule has 1 aliphatic rings. The van der Waals surface area contributed by atoms with Crippen LogP contribution in [0.1, 0.15) is 17.5 Å². The molecule has 0 aliphatic carbocycles. The van der Waals surface area contributed by atoms with Crippen molar-refractivity contribution in [2.75, 3.05) is 6.54 Å². The van der Waals surface area contributed by atoms with Crippen LogP contribution in [0.3, 0.4) is 0 Å². The molecule has 0 amide bonds. The van der Waals surface area contributed by atoms with Crippen LogP contribution in [0, 0.1) is 3.57 Å². The number of halogens is 1. The van der Waals surface area contributed by atoms with Gasteiger partial charge in [-0.3, -0.25) is 0 Å². The van der Waals surface area contributed by atoms with E-state index in [0.717, 1.165) is 31.7 Å². The molecule has 27 heavy (non-hydrogen) atoms. The number of benzene rings is 2. The van der Waals surface area contributed by atoms with Crippen molar-refractivity contribution < 1.29 is 29.6 Å². The van der Waals surface area contributed by atoms with E-state index in [1.165, 1.54) is 14.7 Å². The van der Waals surface area contributed by atoms with E-state index in [9.17, 15) is 5.11 Å². The molecule has 4 N–H and O–H groups in total. The summed E-state index contributed by atoms with van der Waals surface area (Å²) in [5.41, 5.74) is 2.46. The van der Waals surface area contributed by atoms with E-state index >= 15 is 0 Å². The molecule has 2 aromatic carbocycles. The van der Waals surface area contributed by atoms with Crippen LogP contribution in [0.5, 0.6) is 11.5 Å². The maximum Gasteiger partial charge on any atom is 0.414 e. The molecule has 2 aromatic rings. The predicted octanol–water partition coefficient (Wildman–Crippen LogP) is 2.64. The minimum absolute atomic E-state index is 0.170. The number of carboxylic acids is 2. The van der Waals surface area contributed by atoms with Gasteiger partial charge in [0, 0.05) is 22.7 Å². The molecule has 0 bridgehead atoms. The SMILES string of the molecule is O=C(O)C(=O)O.Oc1ccc2c(c1)O[C@@H](CNCc1ccc(I)cc1)CC2. The van der Waals surface area contributed by atoms with Crippen molar-refractivity contribution in [2.24, 2.45) is 0 Å². The highest BCUT2D eigenvalue weighted by Crippen LogP contribution is 2.30. The molecule has 0 fully saturated rings. The number of carboxylic acid groups (broad SMARTS) is 2. The third kappa shape index (κ3) is 7.06. The number of ether oxygens (including phenoxy) is 1. The van der Waals surface area contributed by atoms with Crippen molar-refractivity contribution in [3.63, 3.8) is 0 Å². The van der Waals surface area contributed by atoms with Crippen LogP contribution in [-0.4, -0.2) is 39.9 Å². The molecular formula is C19H20INO6. The molecule has 0 spiro atoms. The minimum atomic E-state index is -1.82. The lowest BCUT2D eigenvalue weighted by Gasteiger charge is -2.26. The second-order valence-corrected chi connectivity index (χ2v) is 7.18. The van der Waals surface area contributed by atoms with Crippen LogP contribution >= 0.6 is 22.6 Å². The zero-order chi connectivity index (χ0) is 19.8. The van der Waals surface area contributed by atoms with Crippen molar-refractivity contribution in [3.8, 4) is 11.5 Å². The Bertz CT molecular complexity index is 781. The monoisotopic (exact) mass is 485 g/mol. The molecule has 0 unspecified atom stereocenters. The average molecular weight is 485 g/mol. The number of hydrogen-bond acceptors (Lipinski definition) is 5. The Labute approximate surface area is 170 Å². The number of aryl methyl sites for hydroxylation is 1. The summed E-state index contributed by atoms with van der Waals surface area (Å²) in [7, 11) is 0. The third-order valence-electron chi connectivity index (χ3n) is 3.88. The van der Waals surface area contributed by atoms with Crippen molar-refractivity contribution in [1.29, 1.82) is 0 Å². The number of phenolic OH excluding ortho intramolecular Hbond substituents is 1. The van der Waals surface area contributed by atoms with Crippen LogP contribution in [0.15, 0.2) is 42.5 Å². The van der Waals surface area contributed by atoms with Gasteiger partial charge in [0.15, 0.2) is 0 Å².